The summed E-state index contributed by atoms with van der Waals surface area (Å²) in [5.74, 6) is -6.51. The fourth-order valence-electron chi connectivity index (χ4n) is 7.96. The highest BCUT2D eigenvalue weighted by molar-refractivity contribution is 6.05. The number of aliphatic hydroxyl groups excluding tert-OH is 1. The molecule has 10 heteroatoms. The number of aliphatic hydroxyl groups is 3. The number of carbonyl (C=O) groups excluding carboxylic acids is 3. The number of ether oxygens (including phenoxy) is 2. The van der Waals surface area contributed by atoms with E-state index in [0.29, 0.717) is 11.1 Å². The smallest absolute Gasteiger partial charge is 0.338 e. The monoisotopic (exact) mass is 554 g/mol. The Balaban J connectivity index is 1.65. The SMILES string of the molecule is CC(=O)O[C@@H]1[C@@H](C)[C@@]2(O)[C@@H](C=C(CO)C[C@]3(O)C(=O)C(C)=C[C@@H]23)C2C(C)(C)[C@@]21OC(=O)c1ccc(C(=O)O)cc1. The van der Waals surface area contributed by atoms with Gasteiger partial charge in [0.05, 0.1) is 23.3 Å². The summed E-state index contributed by atoms with van der Waals surface area (Å²) in [6.45, 7) is 7.63. The molecule has 2 fully saturated rings. The molecule has 4 aliphatic rings. The zero-order valence-electron chi connectivity index (χ0n) is 23.0. The standard InChI is InChI=1S/C30H34O10/c1-14-10-21-28(37,23(14)33)12-17(13-31)11-20-22-27(4,5)30(22,24(39-16(3)32)15(2)29(20,21)38)40-26(36)19-8-6-18(7-9-19)25(34)35/h6-11,15,20-22,24,31,37-38H,12-13H2,1-5H3,(H,34,35)/t15-,20+,21-,22?,24-,28-,29-,30-/m1/s1. The van der Waals surface area contributed by atoms with Crippen molar-refractivity contribution in [2.45, 2.75) is 63.9 Å². The molecule has 0 heterocycles. The predicted molar refractivity (Wildman–Crippen MR) is 139 cm³/mol. The molecule has 1 aromatic carbocycles. The van der Waals surface area contributed by atoms with E-state index in [2.05, 4.69) is 0 Å². The molecule has 2 saturated carbocycles. The fourth-order valence-corrected chi connectivity index (χ4v) is 7.96. The molecular weight excluding hydrogens is 520 g/mol. The highest BCUT2D eigenvalue weighted by Gasteiger charge is 2.88. The molecule has 40 heavy (non-hydrogen) atoms. The maximum Gasteiger partial charge on any atom is 0.338 e. The van der Waals surface area contributed by atoms with Crippen LogP contribution in [0.15, 0.2) is 47.6 Å². The lowest BCUT2D eigenvalue weighted by Crippen LogP contribution is -2.66. The van der Waals surface area contributed by atoms with Gasteiger partial charge in [-0.05, 0) is 42.3 Å². The first-order chi connectivity index (χ1) is 18.6. The van der Waals surface area contributed by atoms with Gasteiger partial charge < -0.3 is 29.9 Å². The Bertz CT molecular complexity index is 1370. The Morgan fingerprint density at radius 3 is 2.20 bits per heavy atom. The van der Waals surface area contributed by atoms with Crippen LogP contribution < -0.4 is 0 Å². The van der Waals surface area contributed by atoms with Gasteiger partial charge in [0.25, 0.3) is 0 Å². The number of hydrogen-bond donors (Lipinski definition) is 4. The van der Waals surface area contributed by atoms with E-state index in [4.69, 9.17) is 9.47 Å². The largest absolute Gasteiger partial charge is 0.478 e. The molecule has 1 aromatic rings. The van der Waals surface area contributed by atoms with E-state index in [1.165, 1.54) is 31.2 Å². The molecule has 4 aliphatic carbocycles. The predicted octanol–water partition coefficient (Wildman–Crippen LogP) is 2.06. The van der Waals surface area contributed by atoms with Crippen molar-refractivity contribution in [3.63, 3.8) is 0 Å². The first-order valence-corrected chi connectivity index (χ1v) is 13.3. The Kier molecular flexibility index (Phi) is 6.22. The number of ketones is 1. The third-order valence-electron chi connectivity index (χ3n) is 9.88. The molecule has 0 aliphatic heterocycles. The van der Waals surface area contributed by atoms with Crippen LogP contribution in [0, 0.1) is 29.1 Å². The van der Waals surface area contributed by atoms with Gasteiger partial charge in [0.1, 0.15) is 11.7 Å². The Morgan fingerprint density at radius 1 is 1.05 bits per heavy atom. The Labute approximate surface area is 231 Å². The van der Waals surface area contributed by atoms with Crippen LogP contribution in [-0.2, 0) is 19.1 Å². The second kappa shape index (κ2) is 8.83. The number of carboxylic acid groups (broad SMARTS) is 1. The minimum Gasteiger partial charge on any atom is -0.478 e. The summed E-state index contributed by atoms with van der Waals surface area (Å²) in [5.41, 5.74) is -5.32. The van der Waals surface area contributed by atoms with Crippen LogP contribution in [0.3, 0.4) is 0 Å². The van der Waals surface area contributed by atoms with E-state index in [1.54, 1.807) is 26.0 Å². The molecule has 0 bridgehead atoms. The Hall–Kier alpha value is -3.34. The van der Waals surface area contributed by atoms with Crippen molar-refractivity contribution in [2.24, 2.45) is 29.1 Å². The number of carboxylic acids is 1. The maximum atomic E-state index is 13.5. The van der Waals surface area contributed by atoms with E-state index >= 15 is 0 Å². The molecule has 214 valence electrons. The van der Waals surface area contributed by atoms with E-state index in [9.17, 15) is 39.6 Å². The van der Waals surface area contributed by atoms with Crippen molar-refractivity contribution >= 4 is 23.7 Å². The zero-order chi connectivity index (χ0) is 29.6. The summed E-state index contributed by atoms with van der Waals surface area (Å²) in [6.07, 6.45) is 1.91. The minimum atomic E-state index is -2.00. The fraction of sp³-hybridized carbons (Fsp3) is 0.533. The van der Waals surface area contributed by atoms with Crippen molar-refractivity contribution in [1.29, 1.82) is 0 Å². The molecule has 4 N–H and O–H groups in total. The summed E-state index contributed by atoms with van der Waals surface area (Å²) in [7, 11) is 0. The number of fused-ring (bicyclic) bond motifs is 5. The molecular formula is C30H34O10. The van der Waals surface area contributed by atoms with Gasteiger partial charge in [-0.25, -0.2) is 9.59 Å². The second-order valence-electron chi connectivity index (χ2n) is 12.2. The lowest BCUT2D eigenvalue weighted by molar-refractivity contribution is -0.220. The summed E-state index contributed by atoms with van der Waals surface area (Å²) in [4.78, 5) is 50.3. The molecule has 0 spiro atoms. The van der Waals surface area contributed by atoms with E-state index in [1.807, 2.05) is 13.8 Å². The molecule has 5 rings (SSSR count). The van der Waals surface area contributed by atoms with Gasteiger partial charge in [-0.3, -0.25) is 9.59 Å². The lowest BCUT2D eigenvalue weighted by Gasteiger charge is -2.53. The van der Waals surface area contributed by atoms with Crippen LogP contribution in [0.4, 0.5) is 0 Å². The number of aromatic carboxylic acids is 1. The quantitative estimate of drug-likeness (QED) is 0.312. The van der Waals surface area contributed by atoms with Gasteiger partial charge in [-0.2, -0.15) is 0 Å². The molecule has 0 aromatic heterocycles. The van der Waals surface area contributed by atoms with E-state index < -0.39 is 82.3 Å². The van der Waals surface area contributed by atoms with Gasteiger partial charge in [0, 0.05) is 42.4 Å². The highest BCUT2D eigenvalue weighted by atomic mass is 16.6. The minimum absolute atomic E-state index is 0.00412. The molecule has 1 unspecified atom stereocenters. The summed E-state index contributed by atoms with van der Waals surface area (Å²) < 4.78 is 12.0. The van der Waals surface area contributed by atoms with Crippen molar-refractivity contribution in [1.82, 2.24) is 0 Å². The van der Waals surface area contributed by atoms with Crippen LogP contribution in [0.2, 0.25) is 0 Å². The third kappa shape index (κ3) is 3.52. The van der Waals surface area contributed by atoms with Gasteiger partial charge in [0.15, 0.2) is 11.4 Å². The van der Waals surface area contributed by atoms with Crippen LogP contribution >= 0.6 is 0 Å². The lowest BCUT2D eigenvalue weighted by atomic mass is 9.59. The topological polar surface area (TPSA) is 168 Å². The molecule has 8 atom stereocenters. The normalized spacial score (nSPS) is 39.0. The summed E-state index contributed by atoms with van der Waals surface area (Å²) in [5, 5.41) is 43.7. The van der Waals surface area contributed by atoms with Gasteiger partial charge in [0.2, 0.25) is 0 Å². The second-order valence-corrected chi connectivity index (χ2v) is 12.2. The van der Waals surface area contributed by atoms with Crippen molar-refractivity contribution in [3.8, 4) is 0 Å². The van der Waals surface area contributed by atoms with Gasteiger partial charge in [-0.1, -0.05) is 32.9 Å². The molecule has 0 radical (unpaired) electrons. The van der Waals surface area contributed by atoms with Crippen molar-refractivity contribution in [2.75, 3.05) is 6.61 Å². The first kappa shape index (κ1) is 28.2. The average molecular weight is 555 g/mol. The van der Waals surface area contributed by atoms with Gasteiger partial charge >= 0.3 is 17.9 Å². The maximum absolute atomic E-state index is 13.5. The van der Waals surface area contributed by atoms with E-state index in [-0.39, 0.29) is 17.5 Å². The number of hydrogen-bond acceptors (Lipinski definition) is 9. The summed E-state index contributed by atoms with van der Waals surface area (Å²) >= 11 is 0. The molecule has 0 amide bonds. The van der Waals surface area contributed by atoms with Crippen LogP contribution in [0.1, 0.15) is 61.8 Å². The number of benzene rings is 1. The van der Waals surface area contributed by atoms with Crippen LogP contribution in [0.25, 0.3) is 0 Å². The average Bonchev–Trinajstić information content (AvgIpc) is 3.32. The summed E-state index contributed by atoms with van der Waals surface area (Å²) in [6, 6.07) is 5.24. The number of esters is 2. The van der Waals surface area contributed by atoms with Crippen molar-refractivity contribution in [3.05, 3.63) is 58.7 Å². The third-order valence-corrected chi connectivity index (χ3v) is 9.88. The number of rotatable bonds is 5. The highest BCUT2D eigenvalue weighted by Crippen LogP contribution is 2.77. The zero-order valence-corrected chi connectivity index (χ0v) is 23.0. The van der Waals surface area contributed by atoms with E-state index in [0.717, 1.165) is 0 Å². The molecule has 10 nitrogen and oxygen atoms in total. The van der Waals surface area contributed by atoms with Crippen LogP contribution in [0.5, 0.6) is 0 Å². The first-order valence-electron chi connectivity index (χ1n) is 13.3. The van der Waals surface area contributed by atoms with Crippen LogP contribution in [-0.4, -0.2) is 73.6 Å². The Morgan fingerprint density at radius 2 is 1.65 bits per heavy atom. The van der Waals surface area contributed by atoms with Gasteiger partial charge in [-0.15, -0.1) is 0 Å². The number of carbonyl (C=O) groups is 4. The van der Waals surface area contributed by atoms with Crippen molar-refractivity contribution < 1.29 is 49.1 Å². The molecule has 0 saturated heterocycles. The number of Topliss-reactive ketones (excluding diaryl/α,β-unsaturated/α-hetero) is 1.